The van der Waals surface area contributed by atoms with Crippen LogP contribution in [-0.4, -0.2) is 11.1 Å². The van der Waals surface area contributed by atoms with Crippen molar-refractivity contribution in [1.29, 1.82) is 5.26 Å². The molecule has 2 aromatic rings. The lowest BCUT2D eigenvalue weighted by Gasteiger charge is -2.33. The molecule has 1 aromatic heterocycles. The molecule has 1 aromatic carbocycles. The van der Waals surface area contributed by atoms with Crippen LogP contribution >= 0.6 is 11.3 Å². The zero-order valence-corrected chi connectivity index (χ0v) is 16.9. The number of aliphatic imine (C=N–C) groups is 1. The van der Waals surface area contributed by atoms with Crippen molar-refractivity contribution >= 4 is 28.2 Å². The molecular formula is C21H23N3O2S. The highest BCUT2D eigenvalue weighted by molar-refractivity contribution is 7.16. The smallest absolute Gasteiger partial charge is 0.258 e. The van der Waals surface area contributed by atoms with Gasteiger partial charge in [-0.1, -0.05) is 32.9 Å². The van der Waals surface area contributed by atoms with E-state index in [1.54, 1.807) is 36.6 Å². The Morgan fingerprint density at radius 2 is 2.15 bits per heavy atom. The van der Waals surface area contributed by atoms with E-state index in [9.17, 15) is 15.4 Å². The molecule has 0 radical (unpaired) electrons. The summed E-state index contributed by atoms with van der Waals surface area (Å²) in [6, 6.07) is 7.37. The molecule has 0 fully saturated rings. The first kappa shape index (κ1) is 19.2. The summed E-state index contributed by atoms with van der Waals surface area (Å²) in [4.78, 5) is 16.5. The minimum atomic E-state index is -0.385. The fraction of sp³-hybridized carbons (Fsp3) is 0.429. The predicted molar refractivity (Wildman–Crippen MR) is 109 cm³/mol. The van der Waals surface area contributed by atoms with Gasteiger partial charge in [0, 0.05) is 22.7 Å². The summed E-state index contributed by atoms with van der Waals surface area (Å²) in [7, 11) is 0. The van der Waals surface area contributed by atoms with Gasteiger partial charge in [-0.15, -0.1) is 11.3 Å². The Morgan fingerprint density at radius 3 is 2.78 bits per heavy atom. The molecule has 0 amide bonds. The maximum absolute atomic E-state index is 11.1. The predicted octanol–water partition coefficient (Wildman–Crippen LogP) is 5.74. The number of nitrogens with zero attached hydrogens (tertiary/aromatic N) is 3. The van der Waals surface area contributed by atoms with Gasteiger partial charge < -0.3 is 0 Å². The summed E-state index contributed by atoms with van der Waals surface area (Å²) in [6.07, 6.45) is 4.62. The average molecular weight is 382 g/mol. The van der Waals surface area contributed by atoms with Gasteiger partial charge in [-0.05, 0) is 48.6 Å². The Morgan fingerprint density at radius 1 is 1.41 bits per heavy atom. The van der Waals surface area contributed by atoms with Crippen molar-refractivity contribution in [2.24, 2.45) is 16.3 Å². The number of rotatable bonds is 3. The van der Waals surface area contributed by atoms with Gasteiger partial charge in [0.2, 0.25) is 0 Å². The molecule has 1 aliphatic rings. The van der Waals surface area contributed by atoms with Crippen molar-refractivity contribution in [1.82, 2.24) is 0 Å². The second kappa shape index (κ2) is 7.24. The number of nitro benzene ring substituents is 1. The normalized spacial score (nSPS) is 16.9. The van der Waals surface area contributed by atoms with E-state index < -0.39 is 0 Å². The lowest BCUT2D eigenvalue weighted by Crippen LogP contribution is -2.26. The maximum atomic E-state index is 11.1. The van der Waals surface area contributed by atoms with Crippen molar-refractivity contribution in [3.63, 3.8) is 0 Å². The molecule has 0 bridgehead atoms. The van der Waals surface area contributed by atoms with Gasteiger partial charge in [0.25, 0.3) is 5.69 Å². The number of benzene rings is 1. The van der Waals surface area contributed by atoms with E-state index in [1.165, 1.54) is 10.9 Å². The molecule has 1 heterocycles. The Bertz CT molecular complexity index is 961. The summed E-state index contributed by atoms with van der Waals surface area (Å²) in [5.41, 5.74) is 3.42. The van der Waals surface area contributed by atoms with E-state index in [-0.39, 0.29) is 16.0 Å². The number of fused-ring (bicyclic) bond motifs is 1. The van der Waals surface area contributed by atoms with Crippen molar-refractivity contribution in [2.45, 2.75) is 47.0 Å². The SMILES string of the molecule is Cc1ccc(C=Nc2sc3c(c2C#N)CC[C@H](C(C)(C)C)C3)cc1[N+](=O)[O-]. The molecule has 5 nitrogen and oxygen atoms in total. The van der Waals surface area contributed by atoms with Gasteiger partial charge in [0.05, 0.1) is 10.5 Å². The van der Waals surface area contributed by atoms with Crippen LogP contribution in [0.15, 0.2) is 23.2 Å². The fourth-order valence-corrected chi connectivity index (χ4v) is 4.78. The lowest BCUT2D eigenvalue weighted by molar-refractivity contribution is -0.385. The van der Waals surface area contributed by atoms with E-state index in [2.05, 4.69) is 31.8 Å². The molecule has 0 saturated heterocycles. The second-order valence-corrected chi connectivity index (χ2v) is 9.25. The van der Waals surface area contributed by atoms with E-state index in [0.29, 0.717) is 27.6 Å². The molecule has 140 valence electrons. The van der Waals surface area contributed by atoms with E-state index in [4.69, 9.17) is 0 Å². The average Bonchev–Trinajstić information content (AvgIpc) is 2.96. The van der Waals surface area contributed by atoms with Crippen LogP contribution in [0.2, 0.25) is 0 Å². The van der Waals surface area contributed by atoms with Gasteiger partial charge >= 0.3 is 0 Å². The fourth-order valence-electron chi connectivity index (χ4n) is 3.55. The molecular weight excluding hydrogens is 358 g/mol. The van der Waals surface area contributed by atoms with Crippen molar-refractivity contribution in [2.75, 3.05) is 0 Å². The molecule has 3 rings (SSSR count). The molecule has 1 atom stereocenters. The molecule has 0 N–H and O–H groups in total. The Kier molecular flexibility index (Phi) is 5.16. The first-order chi connectivity index (χ1) is 12.7. The Balaban J connectivity index is 1.92. The monoisotopic (exact) mass is 381 g/mol. The van der Waals surface area contributed by atoms with E-state index in [1.807, 2.05) is 0 Å². The third-order valence-corrected chi connectivity index (χ3v) is 6.51. The van der Waals surface area contributed by atoms with Crippen LogP contribution in [0.25, 0.3) is 0 Å². The van der Waals surface area contributed by atoms with Gasteiger partial charge in [-0.25, -0.2) is 4.99 Å². The molecule has 27 heavy (non-hydrogen) atoms. The zero-order valence-electron chi connectivity index (χ0n) is 16.1. The zero-order chi connectivity index (χ0) is 19.8. The quantitative estimate of drug-likeness (QED) is 0.386. The number of nitriles is 1. The highest BCUT2D eigenvalue weighted by Crippen LogP contribution is 2.44. The van der Waals surface area contributed by atoms with Crippen LogP contribution in [0.3, 0.4) is 0 Å². The largest absolute Gasteiger partial charge is 0.272 e. The summed E-state index contributed by atoms with van der Waals surface area (Å²) in [5, 5.41) is 21.5. The van der Waals surface area contributed by atoms with Gasteiger partial charge in [0.15, 0.2) is 0 Å². The minimum absolute atomic E-state index is 0.0814. The summed E-state index contributed by atoms with van der Waals surface area (Å²) in [5.74, 6) is 0.603. The van der Waals surface area contributed by atoms with Crippen LogP contribution in [0.5, 0.6) is 0 Å². The highest BCUT2D eigenvalue weighted by atomic mass is 32.1. The minimum Gasteiger partial charge on any atom is -0.258 e. The van der Waals surface area contributed by atoms with Crippen LogP contribution in [0, 0.1) is 39.7 Å². The number of aryl methyl sites for hydroxylation is 1. The summed E-state index contributed by atoms with van der Waals surface area (Å²) >= 11 is 1.58. The van der Waals surface area contributed by atoms with Gasteiger partial charge in [-0.2, -0.15) is 5.26 Å². The first-order valence-electron chi connectivity index (χ1n) is 9.04. The number of thiophene rings is 1. The molecule has 1 aliphatic carbocycles. The summed E-state index contributed by atoms with van der Waals surface area (Å²) < 4.78 is 0. The number of hydrogen-bond donors (Lipinski definition) is 0. The highest BCUT2D eigenvalue weighted by Gasteiger charge is 2.32. The summed E-state index contributed by atoms with van der Waals surface area (Å²) in [6.45, 7) is 8.52. The molecule has 0 spiro atoms. The topological polar surface area (TPSA) is 79.3 Å². The first-order valence-corrected chi connectivity index (χ1v) is 9.86. The standard InChI is InChI=1S/C21H23N3O2S/c1-13-5-6-14(9-18(13)24(25)26)12-23-20-17(11-22)16-8-7-15(21(2,3)4)10-19(16)27-20/h5-6,9,12,15H,7-8,10H2,1-4H3/t15-/m0/s1. The van der Waals surface area contributed by atoms with Crippen molar-refractivity contribution in [3.05, 3.63) is 55.4 Å². The van der Waals surface area contributed by atoms with Crippen molar-refractivity contribution < 1.29 is 4.92 Å². The van der Waals surface area contributed by atoms with Gasteiger partial charge in [0.1, 0.15) is 11.1 Å². The molecule has 6 heteroatoms. The third kappa shape index (κ3) is 3.93. The molecule has 0 aliphatic heterocycles. The van der Waals surface area contributed by atoms with Crippen molar-refractivity contribution in [3.8, 4) is 6.07 Å². The van der Waals surface area contributed by atoms with Crippen LogP contribution in [0.4, 0.5) is 10.7 Å². The Hall–Kier alpha value is -2.52. The van der Waals surface area contributed by atoms with Gasteiger partial charge in [-0.3, -0.25) is 10.1 Å². The third-order valence-electron chi connectivity index (χ3n) is 5.34. The molecule has 0 saturated carbocycles. The van der Waals surface area contributed by atoms with Crippen LogP contribution in [0.1, 0.15) is 54.3 Å². The maximum Gasteiger partial charge on any atom is 0.272 e. The number of hydrogen-bond acceptors (Lipinski definition) is 5. The van der Waals surface area contributed by atoms with E-state index >= 15 is 0 Å². The van der Waals surface area contributed by atoms with Crippen LogP contribution < -0.4 is 0 Å². The molecule has 0 unspecified atom stereocenters. The number of nitro groups is 1. The second-order valence-electron chi connectivity index (χ2n) is 8.16. The van der Waals surface area contributed by atoms with E-state index in [0.717, 1.165) is 24.8 Å². The van der Waals surface area contributed by atoms with Crippen LogP contribution in [-0.2, 0) is 12.8 Å². The Labute approximate surface area is 163 Å². The lowest BCUT2D eigenvalue weighted by atomic mass is 9.72.